The van der Waals surface area contributed by atoms with E-state index in [1.54, 1.807) is 20.3 Å². The largest absolute Gasteiger partial charge is 0.440 e. The molecule has 3 aromatic rings. The summed E-state index contributed by atoms with van der Waals surface area (Å²) in [7, 11) is 3.30. The maximum Gasteiger partial charge on any atom is 0.200 e. The number of hydrogen-bond acceptors (Lipinski definition) is 5. The fraction of sp³-hybridized carbons (Fsp3) is 0.316. The molecule has 0 aliphatic carbocycles. The van der Waals surface area contributed by atoms with E-state index in [-0.39, 0.29) is 5.43 Å². The van der Waals surface area contributed by atoms with E-state index in [0.29, 0.717) is 43.2 Å². The van der Waals surface area contributed by atoms with Crippen LogP contribution in [0.15, 0.2) is 51.7 Å². The Morgan fingerprint density at radius 2 is 1.71 bits per heavy atom. The van der Waals surface area contributed by atoms with Crippen molar-refractivity contribution in [2.24, 2.45) is 0 Å². The van der Waals surface area contributed by atoms with Crippen molar-refractivity contribution < 1.29 is 13.9 Å². The summed E-state index contributed by atoms with van der Waals surface area (Å²) >= 11 is 0. The first-order valence-electron chi connectivity index (χ1n) is 7.93. The topological polar surface area (TPSA) is 51.9 Å². The number of ether oxygens (including phenoxy) is 2. The number of nitrogens with zero attached hydrogens (tertiary/aromatic N) is 1. The second-order valence-corrected chi connectivity index (χ2v) is 5.58. The van der Waals surface area contributed by atoms with Gasteiger partial charge in [-0.1, -0.05) is 30.3 Å². The summed E-state index contributed by atoms with van der Waals surface area (Å²) in [6.45, 7) is 2.34. The first-order chi connectivity index (χ1) is 11.7. The van der Waals surface area contributed by atoms with Crippen molar-refractivity contribution in [3.8, 4) is 0 Å². The minimum atomic E-state index is -0.0390. The minimum absolute atomic E-state index is 0.0390. The van der Waals surface area contributed by atoms with E-state index in [0.717, 1.165) is 10.8 Å². The smallest absolute Gasteiger partial charge is 0.200 e. The predicted octanol–water partition coefficient (Wildman–Crippen LogP) is 3.05. The minimum Gasteiger partial charge on any atom is -0.440 e. The molecule has 0 atom stereocenters. The lowest BCUT2D eigenvalue weighted by molar-refractivity contribution is 0.188. The van der Waals surface area contributed by atoms with E-state index in [9.17, 15) is 4.79 Å². The number of hydrogen-bond donors (Lipinski definition) is 0. The van der Waals surface area contributed by atoms with Crippen molar-refractivity contribution >= 4 is 27.6 Å². The number of benzene rings is 2. The van der Waals surface area contributed by atoms with Gasteiger partial charge in [0.15, 0.2) is 11.3 Å². The molecule has 5 heteroatoms. The van der Waals surface area contributed by atoms with Gasteiger partial charge in [-0.2, -0.15) is 0 Å². The monoisotopic (exact) mass is 327 g/mol. The molecule has 3 rings (SSSR count). The lowest BCUT2D eigenvalue weighted by Gasteiger charge is -2.22. The number of anilines is 1. The van der Waals surface area contributed by atoms with Gasteiger partial charge in [-0.15, -0.1) is 0 Å². The van der Waals surface area contributed by atoms with E-state index in [4.69, 9.17) is 13.9 Å². The van der Waals surface area contributed by atoms with Crippen molar-refractivity contribution in [3.63, 3.8) is 0 Å². The molecule has 1 heterocycles. The molecule has 0 spiro atoms. The Morgan fingerprint density at radius 1 is 1.00 bits per heavy atom. The SMILES string of the molecule is COCCN(CCOC)c1cc(=O)c2c(ccc3ccccc32)o1. The molecule has 0 aliphatic heterocycles. The molecule has 0 fully saturated rings. The van der Waals surface area contributed by atoms with Crippen molar-refractivity contribution in [3.05, 3.63) is 52.7 Å². The van der Waals surface area contributed by atoms with Gasteiger partial charge in [0, 0.05) is 33.4 Å². The van der Waals surface area contributed by atoms with Gasteiger partial charge >= 0.3 is 0 Å². The molecule has 0 bridgehead atoms. The van der Waals surface area contributed by atoms with E-state index in [2.05, 4.69) is 0 Å². The summed E-state index contributed by atoms with van der Waals surface area (Å²) in [5, 5.41) is 2.56. The Hall–Kier alpha value is -2.37. The van der Waals surface area contributed by atoms with Crippen molar-refractivity contribution in [1.29, 1.82) is 0 Å². The van der Waals surface area contributed by atoms with Crippen LogP contribution in [0.1, 0.15) is 0 Å². The summed E-state index contributed by atoms with van der Waals surface area (Å²) in [6.07, 6.45) is 0. The first kappa shape index (κ1) is 16.5. The van der Waals surface area contributed by atoms with E-state index in [1.165, 1.54) is 0 Å². The number of fused-ring (bicyclic) bond motifs is 3. The molecule has 0 unspecified atom stereocenters. The zero-order valence-corrected chi connectivity index (χ0v) is 14.0. The highest BCUT2D eigenvalue weighted by Crippen LogP contribution is 2.25. The second-order valence-electron chi connectivity index (χ2n) is 5.58. The van der Waals surface area contributed by atoms with Gasteiger partial charge in [-0.05, 0) is 16.8 Å². The standard InChI is InChI=1S/C19H21NO4/c1-22-11-9-20(10-12-23-2)18-13-16(21)19-15-6-4-3-5-14(15)7-8-17(19)24-18/h3-8,13H,9-12H2,1-2H3. The van der Waals surface area contributed by atoms with Gasteiger partial charge in [-0.25, -0.2) is 0 Å². The number of rotatable bonds is 7. The van der Waals surface area contributed by atoms with Crippen LogP contribution >= 0.6 is 0 Å². The van der Waals surface area contributed by atoms with Crippen LogP contribution in [0.25, 0.3) is 21.7 Å². The van der Waals surface area contributed by atoms with Crippen LogP contribution in [-0.4, -0.2) is 40.5 Å². The molecule has 24 heavy (non-hydrogen) atoms. The van der Waals surface area contributed by atoms with Gasteiger partial charge in [0.05, 0.1) is 18.6 Å². The zero-order valence-electron chi connectivity index (χ0n) is 14.0. The quantitative estimate of drug-likeness (QED) is 0.624. The lowest BCUT2D eigenvalue weighted by Crippen LogP contribution is -2.31. The fourth-order valence-electron chi connectivity index (χ4n) is 2.81. The van der Waals surface area contributed by atoms with Gasteiger partial charge in [0.2, 0.25) is 0 Å². The normalized spacial score (nSPS) is 11.2. The Labute approximate surface area is 140 Å². The summed E-state index contributed by atoms with van der Waals surface area (Å²) in [6, 6.07) is 13.2. The van der Waals surface area contributed by atoms with Crippen molar-refractivity contribution in [2.45, 2.75) is 0 Å². The molecule has 0 saturated heterocycles. The van der Waals surface area contributed by atoms with E-state index in [1.807, 2.05) is 41.3 Å². The Kier molecular flexibility index (Phi) is 5.13. The summed E-state index contributed by atoms with van der Waals surface area (Å²) < 4.78 is 16.3. The Balaban J connectivity index is 2.09. The highest BCUT2D eigenvalue weighted by Gasteiger charge is 2.13. The van der Waals surface area contributed by atoms with Crippen LogP contribution in [0, 0.1) is 0 Å². The Morgan fingerprint density at radius 3 is 2.42 bits per heavy atom. The van der Waals surface area contributed by atoms with Crippen LogP contribution < -0.4 is 10.3 Å². The molecule has 0 aliphatic rings. The van der Waals surface area contributed by atoms with Crippen molar-refractivity contribution in [1.82, 2.24) is 0 Å². The van der Waals surface area contributed by atoms with Crippen LogP contribution in [0.5, 0.6) is 0 Å². The third-order valence-corrected chi connectivity index (χ3v) is 4.05. The van der Waals surface area contributed by atoms with E-state index < -0.39 is 0 Å². The molecule has 0 amide bonds. The summed E-state index contributed by atoms with van der Waals surface area (Å²) in [4.78, 5) is 14.7. The third-order valence-electron chi connectivity index (χ3n) is 4.05. The zero-order chi connectivity index (χ0) is 16.9. The van der Waals surface area contributed by atoms with Crippen LogP contribution in [0.3, 0.4) is 0 Å². The number of methoxy groups -OCH3 is 2. The lowest BCUT2D eigenvalue weighted by atomic mass is 10.1. The average Bonchev–Trinajstić information content (AvgIpc) is 2.61. The first-order valence-corrected chi connectivity index (χ1v) is 7.93. The van der Waals surface area contributed by atoms with Gasteiger partial charge in [0.1, 0.15) is 5.58 Å². The molecule has 126 valence electrons. The summed E-state index contributed by atoms with van der Waals surface area (Å²) in [5.74, 6) is 0.539. The van der Waals surface area contributed by atoms with Gasteiger partial charge in [0.25, 0.3) is 0 Å². The van der Waals surface area contributed by atoms with Crippen LogP contribution in [0.2, 0.25) is 0 Å². The molecule has 1 aromatic heterocycles. The fourth-order valence-corrected chi connectivity index (χ4v) is 2.81. The molecular formula is C19H21NO4. The molecule has 0 N–H and O–H groups in total. The molecule has 0 saturated carbocycles. The molecule has 2 aromatic carbocycles. The summed E-state index contributed by atoms with van der Waals surface area (Å²) in [5.41, 5.74) is 0.555. The van der Waals surface area contributed by atoms with Gasteiger partial charge in [-0.3, -0.25) is 4.79 Å². The highest BCUT2D eigenvalue weighted by atomic mass is 16.5. The molecule has 5 nitrogen and oxygen atoms in total. The van der Waals surface area contributed by atoms with Crippen molar-refractivity contribution in [2.75, 3.05) is 45.4 Å². The third kappa shape index (κ3) is 3.27. The predicted molar refractivity (Wildman–Crippen MR) is 96.0 cm³/mol. The Bertz CT molecular complexity index is 879. The van der Waals surface area contributed by atoms with Crippen LogP contribution in [0.4, 0.5) is 5.88 Å². The van der Waals surface area contributed by atoms with E-state index >= 15 is 0 Å². The maximum atomic E-state index is 12.7. The van der Waals surface area contributed by atoms with Gasteiger partial charge < -0.3 is 18.8 Å². The second kappa shape index (κ2) is 7.47. The van der Waals surface area contributed by atoms with Crippen LogP contribution in [-0.2, 0) is 9.47 Å². The average molecular weight is 327 g/mol. The highest BCUT2D eigenvalue weighted by molar-refractivity contribution is 6.05. The maximum absolute atomic E-state index is 12.7. The molecular weight excluding hydrogens is 306 g/mol. The molecule has 0 radical (unpaired) electrons.